The third-order valence-corrected chi connectivity index (χ3v) is 1.53. The molecule has 1 heterocycles. The number of aliphatic hydroxyl groups excluding tert-OH is 1. The Morgan fingerprint density at radius 1 is 1.55 bits per heavy atom. The Morgan fingerprint density at radius 2 is 2.18 bits per heavy atom. The van der Waals surface area contributed by atoms with Gasteiger partial charge in [0.2, 0.25) is 0 Å². The molecule has 0 spiro atoms. The largest absolute Gasteiger partial charge is 0.464 e. The molecule has 11 heavy (non-hydrogen) atoms. The van der Waals surface area contributed by atoms with Gasteiger partial charge in [-0.2, -0.15) is 0 Å². The van der Waals surface area contributed by atoms with Crippen molar-refractivity contribution in [3.63, 3.8) is 0 Å². The Hall–Kier alpha value is -0.960. The van der Waals surface area contributed by atoms with Crippen molar-refractivity contribution in [3.8, 4) is 0 Å². The fourth-order valence-electron chi connectivity index (χ4n) is 0.796. The number of furan rings is 1. The van der Waals surface area contributed by atoms with Crippen LogP contribution in [0.2, 0.25) is 0 Å². The van der Waals surface area contributed by atoms with Gasteiger partial charge in [0.1, 0.15) is 18.1 Å². The summed E-state index contributed by atoms with van der Waals surface area (Å²) in [6.07, 6.45) is 1.10. The maximum atomic E-state index is 9.11. The number of rotatable bonds is 2. The molecule has 0 saturated heterocycles. The van der Waals surface area contributed by atoms with E-state index in [1.54, 1.807) is 13.2 Å². The SMILES string of the molecule is CC(O)c1cc(N(C)C)co1. The van der Waals surface area contributed by atoms with E-state index in [2.05, 4.69) is 0 Å². The molecule has 0 aliphatic rings. The molecule has 1 N–H and O–H groups in total. The Labute approximate surface area is 66.2 Å². The summed E-state index contributed by atoms with van der Waals surface area (Å²) in [6.45, 7) is 1.68. The van der Waals surface area contributed by atoms with Gasteiger partial charge in [-0.25, -0.2) is 0 Å². The molecule has 0 aliphatic heterocycles. The molecule has 0 aliphatic carbocycles. The van der Waals surface area contributed by atoms with Crippen molar-refractivity contribution in [2.75, 3.05) is 19.0 Å². The summed E-state index contributed by atoms with van der Waals surface area (Å²) in [5.41, 5.74) is 0.973. The van der Waals surface area contributed by atoms with Gasteiger partial charge >= 0.3 is 0 Å². The maximum absolute atomic E-state index is 9.11. The Kier molecular flexibility index (Phi) is 2.19. The number of anilines is 1. The van der Waals surface area contributed by atoms with Gasteiger partial charge in [0, 0.05) is 20.2 Å². The fraction of sp³-hybridized carbons (Fsp3) is 0.500. The Balaban J connectivity index is 2.82. The highest BCUT2D eigenvalue weighted by atomic mass is 16.4. The molecule has 1 aromatic rings. The molecular weight excluding hydrogens is 142 g/mol. The second-order valence-electron chi connectivity index (χ2n) is 2.78. The van der Waals surface area contributed by atoms with Gasteiger partial charge in [0.05, 0.1) is 5.69 Å². The first-order chi connectivity index (χ1) is 5.11. The average Bonchev–Trinajstić information content (AvgIpc) is 2.33. The van der Waals surface area contributed by atoms with E-state index in [4.69, 9.17) is 9.52 Å². The van der Waals surface area contributed by atoms with Crippen LogP contribution in [-0.2, 0) is 0 Å². The molecule has 0 bridgehead atoms. The molecule has 3 heteroatoms. The van der Waals surface area contributed by atoms with Crippen LogP contribution in [0.25, 0.3) is 0 Å². The summed E-state index contributed by atoms with van der Waals surface area (Å²) < 4.78 is 5.10. The van der Waals surface area contributed by atoms with E-state index in [1.165, 1.54) is 0 Å². The minimum Gasteiger partial charge on any atom is -0.464 e. The van der Waals surface area contributed by atoms with Crippen LogP contribution in [0.1, 0.15) is 18.8 Å². The molecule has 62 valence electrons. The lowest BCUT2D eigenvalue weighted by Gasteiger charge is -2.06. The topological polar surface area (TPSA) is 36.6 Å². The van der Waals surface area contributed by atoms with Crippen molar-refractivity contribution >= 4 is 5.69 Å². The predicted molar refractivity (Wildman–Crippen MR) is 43.7 cm³/mol. The highest BCUT2D eigenvalue weighted by molar-refractivity contribution is 5.43. The van der Waals surface area contributed by atoms with Crippen molar-refractivity contribution < 1.29 is 9.52 Å². The van der Waals surface area contributed by atoms with Gasteiger partial charge in [0.25, 0.3) is 0 Å². The molecule has 1 atom stereocenters. The summed E-state index contributed by atoms with van der Waals surface area (Å²) in [7, 11) is 3.85. The van der Waals surface area contributed by atoms with Crippen LogP contribution in [0.15, 0.2) is 16.7 Å². The lowest BCUT2D eigenvalue weighted by atomic mass is 10.3. The molecule has 3 nitrogen and oxygen atoms in total. The van der Waals surface area contributed by atoms with Gasteiger partial charge in [-0.15, -0.1) is 0 Å². The molecule has 1 rings (SSSR count). The summed E-state index contributed by atoms with van der Waals surface area (Å²) in [4.78, 5) is 1.93. The number of aliphatic hydroxyl groups is 1. The first-order valence-electron chi connectivity index (χ1n) is 3.55. The molecule has 0 amide bonds. The lowest BCUT2D eigenvalue weighted by molar-refractivity contribution is 0.169. The van der Waals surface area contributed by atoms with E-state index >= 15 is 0 Å². The van der Waals surface area contributed by atoms with Crippen LogP contribution in [0, 0.1) is 0 Å². The van der Waals surface area contributed by atoms with E-state index in [-0.39, 0.29) is 0 Å². The van der Waals surface area contributed by atoms with E-state index in [9.17, 15) is 0 Å². The van der Waals surface area contributed by atoms with Crippen LogP contribution in [0.5, 0.6) is 0 Å². The fourth-order valence-corrected chi connectivity index (χ4v) is 0.796. The van der Waals surface area contributed by atoms with Gasteiger partial charge in [-0.05, 0) is 6.92 Å². The van der Waals surface area contributed by atoms with Crippen LogP contribution >= 0.6 is 0 Å². The molecule has 0 radical (unpaired) electrons. The highest BCUT2D eigenvalue weighted by Gasteiger charge is 2.07. The lowest BCUT2D eigenvalue weighted by Crippen LogP contribution is -2.06. The van der Waals surface area contributed by atoms with E-state index in [0.29, 0.717) is 5.76 Å². The van der Waals surface area contributed by atoms with Crippen molar-refractivity contribution in [3.05, 3.63) is 18.1 Å². The van der Waals surface area contributed by atoms with Gasteiger partial charge < -0.3 is 14.4 Å². The summed E-state index contributed by atoms with van der Waals surface area (Å²) in [6, 6.07) is 1.82. The monoisotopic (exact) mass is 155 g/mol. The minimum absolute atomic E-state index is 0.524. The normalized spacial score (nSPS) is 13.1. The molecule has 0 fully saturated rings. The second kappa shape index (κ2) is 2.96. The molecule has 0 saturated carbocycles. The maximum Gasteiger partial charge on any atom is 0.134 e. The van der Waals surface area contributed by atoms with Crippen LogP contribution in [0.3, 0.4) is 0 Å². The molecule has 0 aromatic carbocycles. The van der Waals surface area contributed by atoms with Crippen LogP contribution < -0.4 is 4.90 Å². The summed E-state index contributed by atoms with van der Waals surface area (Å²) in [5.74, 6) is 0.605. The van der Waals surface area contributed by atoms with Crippen molar-refractivity contribution in [1.29, 1.82) is 0 Å². The summed E-state index contributed by atoms with van der Waals surface area (Å²) >= 11 is 0. The highest BCUT2D eigenvalue weighted by Crippen LogP contribution is 2.20. The van der Waals surface area contributed by atoms with E-state index in [0.717, 1.165) is 5.69 Å². The van der Waals surface area contributed by atoms with Gasteiger partial charge in [-0.1, -0.05) is 0 Å². The standard InChI is InChI=1S/C8H13NO2/c1-6(10)8-4-7(5-11-8)9(2)3/h4-6,10H,1-3H3. The zero-order valence-electron chi connectivity index (χ0n) is 7.03. The zero-order valence-corrected chi connectivity index (χ0v) is 7.03. The Morgan fingerprint density at radius 3 is 2.45 bits per heavy atom. The smallest absolute Gasteiger partial charge is 0.134 e. The van der Waals surface area contributed by atoms with Gasteiger partial charge in [-0.3, -0.25) is 0 Å². The minimum atomic E-state index is -0.524. The number of hydrogen-bond donors (Lipinski definition) is 1. The Bertz CT molecular complexity index is 205. The molecule has 1 aromatic heterocycles. The first kappa shape index (κ1) is 8.14. The van der Waals surface area contributed by atoms with Crippen molar-refractivity contribution in [2.24, 2.45) is 0 Å². The summed E-state index contributed by atoms with van der Waals surface area (Å²) in [5, 5.41) is 9.11. The van der Waals surface area contributed by atoms with Gasteiger partial charge in [0.15, 0.2) is 0 Å². The quantitative estimate of drug-likeness (QED) is 0.701. The molecular formula is C8H13NO2. The average molecular weight is 155 g/mol. The third-order valence-electron chi connectivity index (χ3n) is 1.53. The number of nitrogens with zero attached hydrogens (tertiary/aromatic N) is 1. The second-order valence-corrected chi connectivity index (χ2v) is 2.78. The first-order valence-corrected chi connectivity index (χ1v) is 3.55. The molecule has 1 unspecified atom stereocenters. The van der Waals surface area contributed by atoms with E-state index in [1.807, 2.05) is 25.1 Å². The predicted octanol–water partition coefficient (Wildman–Crippen LogP) is 1.40. The van der Waals surface area contributed by atoms with Crippen molar-refractivity contribution in [1.82, 2.24) is 0 Å². The zero-order chi connectivity index (χ0) is 8.43. The number of hydrogen-bond acceptors (Lipinski definition) is 3. The van der Waals surface area contributed by atoms with E-state index < -0.39 is 6.10 Å². The van der Waals surface area contributed by atoms with Crippen LogP contribution in [0.4, 0.5) is 5.69 Å². The van der Waals surface area contributed by atoms with Crippen LogP contribution in [-0.4, -0.2) is 19.2 Å². The van der Waals surface area contributed by atoms with Crippen molar-refractivity contribution in [2.45, 2.75) is 13.0 Å². The third kappa shape index (κ3) is 1.74.